The minimum atomic E-state index is 0.112. The molecule has 0 spiro atoms. The molecule has 62 valence electrons. The minimum Gasteiger partial charge on any atom is -0.293 e. The number of aryl methyl sites for hydroxylation is 1. The molecule has 2 rings (SSSR count). The summed E-state index contributed by atoms with van der Waals surface area (Å²) in [4.78, 5) is 12.7. The van der Waals surface area contributed by atoms with E-state index in [1.807, 2.05) is 19.1 Å². The second-order valence-electron chi connectivity index (χ2n) is 3.08. The van der Waals surface area contributed by atoms with E-state index in [9.17, 15) is 4.79 Å². The Morgan fingerprint density at radius 2 is 2.17 bits per heavy atom. The van der Waals surface area contributed by atoms with Gasteiger partial charge in [-0.2, -0.15) is 0 Å². The molecule has 0 aromatic heterocycles. The van der Waals surface area contributed by atoms with Gasteiger partial charge in [0.2, 0.25) is 0 Å². The molecule has 0 radical (unpaired) electrons. The molecule has 1 aliphatic heterocycles. The highest BCUT2D eigenvalue weighted by Crippen LogP contribution is 2.38. The van der Waals surface area contributed by atoms with Crippen LogP contribution in [-0.4, -0.2) is 11.0 Å². The number of thioether (sulfide) groups is 1. The number of benzene rings is 1. The zero-order valence-corrected chi connectivity index (χ0v) is 7.94. The number of carbonyl (C=O) groups excluding carboxylic acids is 1. The van der Waals surface area contributed by atoms with Gasteiger partial charge in [0.15, 0.2) is 5.78 Å². The SMILES string of the molecule is Cc1cccc2c1SC(C)C2=O. The Labute approximate surface area is 76.2 Å². The van der Waals surface area contributed by atoms with Gasteiger partial charge in [-0.15, -0.1) is 11.8 Å². The molecule has 1 aromatic carbocycles. The predicted octanol–water partition coefficient (Wildman–Crippen LogP) is 2.67. The van der Waals surface area contributed by atoms with Gasteiger partial charge in [-0.05, 0) is 19.4 Å². The van der Waals surface area contributed by atoms with Gasteiger partial charge >= 0.3 is 0 Å². The van der Waals surface area contributed by atoms with Crippen molar-refractivity contribution in [1.82, 2.24) is 0 Å². The molecule has 0 fully saturated rings. The van der Waals surface area contributed by atoms with Gasteiger partial charge < -0.3 is 0 Å². The lowest BCUT2D eigenvalue weighted by molar-refractivity contribution is 0.0996. The van der Waals surface area contributed by atoms with Crippen LogP contribution in [0, 0.1) is 6.92 Å². The highest BCUT2D eigenvalue weighted by atomic mass is 32.2. The number of fused-ring (bicyclic) bond motifs is 1. The summed E-state index contributed by atoms with van der Waals surface area (Å²) in [5.74, 6) is 0.277. The number of hydrogen-bond donors (Lipinski definition) is 0. The number of carbonyl (C=O) groups is 1. The third-order valence-electron chi connectivity index (χ3n) is 2.14. The molecule has 0 aliphatic carbocycles. The summed E-state index contributed by atoms with van der Waals surface area (Å²) in [7, 11) is 0. The highest BCUT2D eigenvalue weighted by Gasteiger charge is 2.28. The summed E-state index contributed by atoms with van der Waals surface area (Å²) in [6.45, 7) is 4.02. The summed E-state index contributed by atoms with van der Waals surface area (Å²) in [6.07, 6.45) is 0. The highest BCUT2D eigenvalue weighted by molar-refractivity contribution is 8.01. The average molecular weight is 178 g/mol. The van der Waals surface area contributed by atoms with E-state index in [0.29, 0.717) is 0 Å². The number of Topliss-reactive ketones (excluding diaryl/α,β-unsaturated/α-hetero) is 1. The Morgan fingerprint density at radius 3 is 2.83 bits per heavy atom. The summed E-state index contributed by atoms with van der Waals surface area (Å²) in [5, 5.41) is 0.112. The first-order chi connectivity index (χ1) is 5.70. The van der Waals surface area contributed by atoms with Crippen molar-refractivity contribution in [3.8, 4) is 0 Å². The maximum atomic E-state index is 11.5. The van der Waals surface area contributed by atoms with E-state index in [1.54, 1.807) is 11.8 Å². The molecule has 0 saturated carbocycles. The molecule has 1 aromatic rings. The lowest BCUT2D eigenvalue weighted by Gasteiger charge is -1.98. The van der Waals surface area contributed by atoms with Crippen LogP contribution >= 0.6 is 11.8 Å². The van der Waals surface area contributed by atoms with Crippen molar-refractivity contribution in [1.29, 1.82) is 0 Å². The summed E-state index contributed by atoms with van der Waals surface area (Å²) in [5.41, 5.74) is 2.13. The van der Waals surface area contributed by atoms with Gasteiger partial charge in [0.1, 0.15) is 0 Å². The fourth-order valence-corrected chi connectivity index (χ4v) is 2.59. The van der Waals surface area contributed by atoms with Gasteiger partial charge in [0.25, 0.3) is 0 Å². The predicted molar refractivity (Wildman–Crippen MR) is 50.8 cm³/mol. The summed E-state index contributed by atoms with van der Waals surface area (Å²) >= 11 is 1.68. The van der Waals surface area contributed by atoms with Crippen molar-refractivity contribution in [2.24, 2.45) is 0 Å². The van der Waals surface area contributed by atoms with E-state index in [1.165, 1.54) is 10.5 Å². The molecule has 0 N–H and O–H groups in total. The van der Waals surface area contributed by atoms with Crippen LogP contribution in [0.2, 0.25) is 0 Å². The van der Waals surface area contributed by atoms with Crippen LogP contribution in [-0.2, 0) is 0 Å². The molecule has 0 amide bonds. The Bertz CT molecular complexity index is 344. The first-order valence-electron chi connectivity index (χ1n) is 4.00. The van der Waals surface area contributed by atoms with Crippen molar-refractivity contribution >= 4 is 17.5 Å². The zero-order chi connectivity index (χ0) is 8.72. The van der Waals surface area contributed by atoms with Crippen molar-refractivity contribution in [2.75, 3.05) is 0 Å². The van der Waals surface area contributed by atoms with Crippen LogP contribution in [0.4, 0.5) is 0 Å². The minimum absolute atomic E-state index is 0.112. The Balaban J connectivity index is 2.61. The lowest BCUT2D eigenvalue weighted by Crippen LogP contribution is -2.05. The van der Waals surface area contributed by atoms with Crippen molar-refractivity contribution < 1.29 is 4.79 Å². The second kappa shape index (κ2) is 2.63. The quantitative estimate of drug-likeness (QED) is 0.607. The molecule has 1 heterocycles. The fourth-order valence-electron chi connectivity index (χ4n) is 1.45. The topological polar surface area (TPSA) is 17.1 Å². The van der Waals surface area contributed by atoms with Crippen LogP contribution < -0.4 is 0 Å². The van der Waals surface area contributed by atoms with Crippen molar-refractivity contribution in [3.63, 3.8) is 0 Å². The molecule has 1 aliphatic rings. The van der Waals surface area contributed by atoms with E-state index in [-0.39, 0.29) is 11.0 Å². The Morgan fingerprint density at radius 1 is 1.42 bits per heavy atom. The molecule has 1 nitrogen and oxygen atoms in total. The number of ketones is 1. The van der Waals surface area contributed by atoms with Crippen molar-refractivity contribution in [3.05, 3.63) is 29.3 Å². The van der Waals surface area contributed by atoms with Crippen LogP contribution in [0.1, 0.15) is 22.8 Å². The molecule has 1 atom stereocenters. The monoisotopic (exact) mass is 178 g/mol. The first-order valence-corrected chi connectivity index (χ1v) is 4.88. The molecular formula is C10H10OS. The third kappa shape index (κ3) is 0.985. The Hall–Kier alpha value is -0.760. The van der Waals surface area contributed by atoms with E-state index in [0.717, 1.165) is 5.56 Å². The van der Waals surface area contributed by atoms with E-state index >= 15 is 0 Å². The van der Waals surface area contributed by atoms with Crippen molar-refractivity contribution in [2.45, 2.75) is 24.0 Å². The molecule has 1 unspecified atom stereocenters. The van der Waals surface area contributed by atoms with Gasteiger partial charge in [-0.1, -0.05) is 18.2 Å². The van der Waals surface area contributed by atoms with Crippen LogP contribution in [0.25, 0.3) is 0 Å². The van der Waals surface area contributed by atoms with Gasteiger partial charge in [0, 0.05) is 10.5 Å². The van der Waals surface area contributed by atoms with Gasteiger partial charge in [-0.3, -0.25) is 4.79 Å². The molecular weight excluding hydrogens is 168 g/mol. The normalized spacial score (nSPS) is 21.2. The largest absolute Gasteiger partial charge is 0.293 e. The third-order valence-corrected chi connectivity index (χ3v) is 3.49. The molecule has 0 saturated heterocycles. The van der Waals surface area contributed by atoms with E-state index < -0.39 is 0 Å². The Kier molecular flexibility index (Phi) is 1.72. The molecule has 0 bridgehead atoms. The van der Waals surface area contributed by atoms with Gasteiger partial charge in [0.05, 0.1) is 5.25 Å². The first kappa shape index (κ1) is 7.87. The maximum Gasteiger partial charge on any atom is 0.177 e. The average Bonchev–Trinajstić information content (AvgIpc) is 2.32. The van der Waals surface area contributed by atoms with Crippen LogP contribution in [0.3, 0.4) is 0 Å². The number of rotatable bonds is 0. The van der Waals surface area contributed by atoms with E-state index in [2.05, 4.69) is 13.0 Å². The zero-order valence-electron chi connectivity index (χ0n) is 7.13. The smallest absolute Gasteiger partial charge is 0.177 e. The summed E-state index contributed by atoms with van der Waals surface area (Å²) in [6, 6.07) is 5.92. The van der Waals surface area contributed by atoms with Gasteiger partial charge in [-0.25, -0.2) is 0 Å². The standard InChI is InChI=1S/C10H10OS/c1-6-4-3-5-8-9(11)7(2)12-10(6)8/h3-5,7H,1-2H3. The lowest BCUT2D eigenvalue weighted by atomic mass is 10.1. The van der Waals surface area contributed by atoms with Crippen LogP contribution in [0.5, 0.6) is 0 Å². The maximum absolute atomic E-state index is 11.5. The number of hydrogen-bond acceptors (Lipinski definition) is 2. The summed E-state index contributed by atoms with van der Waals surface area (Å²) < 4.78 is 0. The van der Waals surface area contributed by atoms with E-state index in [4.69, 9.17) is 0 Å². The fraction of sp³-hybridized carbons (Fsp3) is 0.300. The van der Waals surface area contributed by atoms with Crippen LogP contribution in [0.15, 0.2) is 23.1 Å². The molecule has 2 heteroatoms. The molecule has 12 heavy (non-hydrogen) atoms. The second-order valence-corrected chi connectivity index (χ2v) is 4.43.